The van der Waals surface area contributed by atoms with Crippen LogP contribution in [0.4, 0.5) is 0 Å². The highest BCUT2D eigenvalue weighted by Gasteiger charge is 2.21. The fourth-order valence-corrected chi connectivity index (χ4v) is 2.69. The fourth-order valence-electron chi connectivity index (χ4n) is 2.69. The van der Waals surface area contributed by atoms with Crippen molar-refractivity contribution in [2.24, 2.45) is 5.92 Å². The number of pyridine rings is 1. The largest absolute Gasteiger partial charge is 0.349 e. The highest BCUT2D eigenvalue weighted by atomic mass is 16.1. The molecule has 1 saturated carbocycles. The number of nitrogens with one attached hydrogen (secondary N) is 1. The van der Waals surface area contributed by atoms with Gasteiger partial charge in [0.1, 0.15) is 0 Å². The maximum atomic E-state index is 12.1. The van der Waals surface area contributed by atoms with Crippen molar-refractivity contribution in [1.82, 2.24) is 19.9 Å². The molecule has 0 atom stereocenters. The topological polar surface area (TPSA) is 59.3 Å². The lowest BCUT2D eigenvalue weighted by Crippen LogP contribution is -2.32. The normalized spacial score (nSPS) is 16.6. The van der Waals surface area contributed by atoms with Gasteiger partial charge in [0.2, 0.25) is 5.91 Å². The number of nitrogens with zero attached hydrogens (tertiary/aromatic N) is 3. The Morgan fingerprint density at radius 3 is 2.95 bits per heavy atom. The zero-order valence-corrected chi connectivity index (χ0v) is 10.9. The minimum atomic E-state index is 0.160. The van der Waals surface area contributed by atoms with Gasteiger partial charge in [-0.2, -0.15) is 0 Å². The Morgan fingerprint density at radius 1 is 1.26 bits per heavy atom. The Bertz CT molecular complexity index is 572. The van der Waals surface area contributed by atoms with Crippen molar-refractivity contribution in [1.29, 1.82) is 0 Å². The summed E-state index contributed by atoms with van der Waals surface area (Å²) in [6.45, 7) is 0.445. The molecule has 0 spiro atoms. The van der Waals surface area contributed by atoms with Crippen LogP contribution in [-0.2, 0) is 11.3 Å². The first-order chi connectivity index (χ1) is 9.34. The molecule has 2 aromatic heterocycles. The Labute approximate surface area is 112 Å². The first kappa shape index (κ1) is 12.1. The summed E-state index contributed by atoms with van der Waals surface area (Å²) in [6.07, 6.45) is 7.56. The number of carbonyl (C=O) groups is 1. The van der Waals surface area contributed by atoms with Crippen molar-refractivity contribution < 1.29 is 4.79 Å². The monoisotopic (exact) mass is 258 g/mol. The Kier molecular flexibility index (Phi) is 3.44. The average Bonchev–Trinajstić information content (AvgIpc) is 2.89. The molecule has 2 heterocycles. The van der Waals surface area contributed by atoms with E-state index in [1.165, 1.54) is 19.3 Å². The smallest absolute Gasteiger partial charge is 0.223 e. The quantitative estimate of drug-likeness (QED) is 0.915. The maximum absolute atomic E-state index is 12.1. The summed E-state index contributed by atoms with van der Waals surface area (Å²) in [7, 11) is 0. The zero-order chi connectivity index (χ0) is 13.1. The van der Waals surface area contributed by atoms with Crippen molar-refractivity contribution >= 4 is 11.6 Å². The molecule has 0 unspecified atom stereocenters. The van der Waals surface area contributed by atoms with E-state index >= 15 is 0 Å². The van der Waals surface area contributed by atoms with Gasteiger partial charge in [0.25, 0.3) is 0 Å². The Morgan fingerprint density at radius 2 is 2.11 bits per heavy atom. The third kappa shape index (κ3) is 2.59. The van der Waals surface area contributed by atoms with E-state index < -0.39 is 0 Å². The lowest BCUT2D eigenvalue weighted by molar-refractivity contribution is -0.126. The van der Waals surface area contributed by atoms with Crippen LogP contribution in [0.15, 0.2) is 24.4 Å². The highest BCUT2D eigenvalue weighted by Crippen LogP contribution is 2.23. The van der Waals surface area contributed by atoms with Gasteiger partial charge >= 0.3 is 0 Å². The van der Waals surface area contributed by atoms with Gasteiger partial charge < -0.3 is 5.32 Å². The van der Waals surface area contributed by atoms with Crippen LogP contribution in [0.2, 0.25) is 0 Å². The molecule has 1 N–H and O–H groups in total. The molecule has 0 aliphatic heterocycles. The maximum Gasteiger partial charge on any atom is 0.223 e. The van der Waals surface area contributed by atoms with E-state index in [1.54, 1.807) is 0 Å². The standard InChI is InChI=1S/C14H18N4O/c19-14(11-6-2-1-3-7-11)15-10-13-17-16-12-8-4-5-9-18(12)13/h4-5,8-9,11H,1-3,6-7,10H2,(H,15,19). The lowest BCUT2D eigenvalue weighted by Gasteiger charge is -2.20. The van der Waals surface area contributed by atoms with E-state index in [1.807, 2.05) is 28.8 Å². The number of hydrogen-bond donors (Lipinski definition) is 1. The minimum absolute atomic E-state index is 0.160. The molecule has 0 bridgehead atoms. The molecule has 5 nitrogen and oxygen atoms in total. The number of fused-ring (bicyclic) bond motifs is 1. The second-order valence-corrected chi connectivity index (χ2v) is 5.10. The molecule has 0 radical (unpaired) electrons. The summed E-state index contributed by atoms with van der Waals surface area (Å²) in [5.41, 5.74) is 0.810. The van der Waals surface area contributed by atoms with Crippen molar-refractivity contribution in [2.45, 2.75) is 38.6 Å². The highest BCUT2D eigenvalue weighted by molar-refractivity contribution is 5.78. The predicted molar refractivity (Wildman–Crippen MR) is 71.4 cm³/mol. The van der Waals surface area contributed by atoms with Gasteiger partial charge in [-0.25, -0.2) is 0 Å². The molecule has 1 fully saturated rings. The van der Waals surface area contributed by atoms with Crippen LogP contribution in [0.1, 0.15) is 37.9 Å². The van der Waals surface area contributed by atoms with Crippen LogP contribution in [-0.4, -0.2) is 20.5 Å². The minimum Gasteiger partial charge on any atom is -0.349 e. The second kappa shape index (κ2) is 5.38. The average molecular weight is 258 g/mol. The fraction of sp³-hybridized carbons (Fsp3) is 0.500. The van der Waals surface area contributed by atoms with E-state index in [2.05, 4.69) is 15.5 Å². The molecule has 1 aliphatic rings. The number of rotatable bonds is 3. The first-order valence-corrected chi connectivity index (χ1v) is 6.91. The van der Waals surface area contributed by atoms with Gasteiger partial charge in [-0.3, -0.25) is 9.20 Å². The van der Waals surface area contributed by atoms with Crippen LogP contribution >= 0.6 is 0 Å². The SMILES string of the molecule is O=C(NCc1nnc2ccccn12)C1CCCCC1. The van der Waals surface area contributed by atoms with Crippen molar-refractivity contribution in [3.63, 3.8) is 0 Å². The van der Waals surface area contributed by atoms with Crippen LogP contribution in [0, 0.1) is 5.92 Å². The number of amides is 1. The van der Waals surface area contributed by atoms with E-state index in [4.69, 9.17) is 0 Å². The van der Waals surface area contributed by atoms with E-state index in [9.17, 15) is 4.79 Å². The van der Waals surface area contributed by atoms with Gasteiger partial charge in [0, 0.05) is 12.1 Å². The van der Waals surface area contributed by atoms with Gasteiger partial charge in [0.05, 0.1) is 6.54 Å². The van der Waals surface area contributed by atoms with Gasteiger partial charge in [0.15, 0.2) is 11.5 Å². The van der Waals surface area contributed by atoms with E-state index in [-0.39, 0.29) is 11.8 Å². The first-order valence-electron chi connectivity index (χ1n) is 6.91. The summed E-state index contributed by atoms with van der Waals surface area (Å²) >= 11 is 0. The van der Waals surface area contributed by atoms with Crippen LogP contribution in [0.25, 0.3) is 5.65 Å². The molecule has 1 amide bonds. The summed E-state index contributed by atoms with van der Waals surface area (Å²) < 4.78 is 1.90. The summed E-state index contributed by atoms with van der Waals surface area (Å²) in [5, 5.41) is 11.2. The third-order valence-corrected chi connectivity index (χ3v) is 3.78. The van der Waals surface area contributed by atoms with Crippen LogP contribution in [0.3, 0.4) is 0 Å². The molecular weight excluding hydrogens is 240 g/mol. The Balaban J connectivity index is 1.64. The molecule has 3 rings (SSSR count). The van der Waals surface area contributed by atoms with Crippen molar-refractivity contribution in [3.8, 4) is 0 Å². The number of carbonyl (C=O) groups excluding carboxylic acids is 1. The molecule has 5 heteroatoms. The van der Waals surface area contributed by atoms with E-state index in [0.29, 0.717) is 6.54 Å². The van der Waals surface area contributed by atoms with Gasteiger partial charge in [-0.15, -0.1) is 10.2 Å². The summed E-state index contributed by atoms with van der Waals surface area (Å²) in [4.78, 5) is 12.1. The zero-order valence-electron chi connectivity index (χ0n) is 10.9. The second-order valence-electron chi connectivity index (χ2n) is 5.10. The summed E-state index contributed by atoms with van der Waals surface area (Å²) in [6, 6.07) is 5.76. The van der Waals surface area contributed by atoms with Crippen molar-refractivity contribution in [3.05, 3.63) is 30.2 Å². The van der Waals surface area contributed by atoms with Crippen LogP contribution in [0.5, 0.6) is 0 Å². The molecule has 2 aromatic rings. The van der Waals surface area contributed by atoms with Crippen molar-refractivity contribution in [2.75, 3.05) is 0 Å². The molecular formula is C14H18N4O. The predicted octanol–water partition coefficient (Wildman–Crippen LogP) is 1.93. The summed E-state index contributed by atoms with van der Waals surface area (Å²) in [5.74, 6) is 1.13. The van der Waals surface area contributed by atoms with Gasteiger partial charge in [-0.1, -0.05) is 25.3 Å². The Hall–Kier alpha value is -1.91. The van der Waals surface area contributed by atoms with E-state index in [0.717, 1.165) is 24.3 Å². The number of aromatic nitrogens is 3. The van der Waals surface area contributed by atoms with Gasteiger partial charge in [-0.05, 0) is 25.0 Å². The van der Waals surface area contributed by atoms with Crippen LogP contribution < -0.4 is 5.32 Å². The third-order valence-electron chi connectivity index (χ3n) is 3.78. The molecule has 100 valence electrons. The molecule has 0 saturated heterocycles. The number of hydrogen-bond acceptors (Lipinski definition) is 3. The molecule has 0 aromatic carbocycles. The molecule has 1 aliphatic carbocycles. The lowest BCUT2D eigenvalue weighted by atomic mass is 9.89. The molecule has 19 heavy (non-hydrogen) atoms.